The number of carbonyl (C=O) groups is 1. The lowest BCUT2D eigenvalue weighted by Crippen LogP contribution is -2.22. The Balaban J connectivity index is 1.96. The topological polar surface area (TPSA) is 50.4 Å². The molecule has 0 heterocycles. The standard InChI is InChI=1S/C18H22N2O2/c1-4-22-17-8-6-5-7-16(17)20-18(21)12-19-15-10-9-13(2)11-14(15)3/h5-11,19H,4,12H2,1-3H3,(H,20,21). The van der Waals surface area contributed by atoms with Crippen LogP contribution < -0.4 is 15.4 Å². The van der Waals surface area contributed by atoms with Crippen LogP contribution in [0.5, 0.6) is 5.75 Å². The Morgan fingerprint density at radius 1 is 1.09 bits per heavy atom. The molecule has 4 nitrogen and oxygen atoms in total. The largest absolute Gasteiger partial charge is 0.492 e. The van der Waals surface area contributed by atoms with Gasteiger partial charge >= 0.3 is 0 Å². The summed E-state index contributed by atoms with van der Waals surface area (Å²) in [6.45, 7) is 6.77. The number of ether oxygens (including phenoxy) is 1. The summed E-state index contributed by atoms with van der Waals surface area (Å²) >= 11 is 0. The van der Waals surface area contributed by atoms with Crippen molar-refractivity contribution in [3.63, 3.8) is 0 Å². The number of rotatable bonds is 6. The van der Waals surface area contributed by atoms with Crippen LogP contribution in [0.3, 0.4) is 0 Å². The number of para-hydroxylation sites is 2. The van der Waals surface area contributed by atoms with Crippen LogP contribution in [-0.4, -0.2) is 19.1 Å². The maximum absolute atomic E-state index is 12.1. The highest BCUT2D eigenvalue weighted by molar-refractivity contribution is 5.95. The lowest BCUT2D eigenvalue weighted by Gasteiger charge is -2.13. The fourth-order valence-corrected chi connectivity index (χ4v) is 2.23. The third kappa shape index (κ3) is 4.25. The lowest BCUT2D eigenvalue weighted by molar-refractivity contribution is -0.114. The summed E-state index contributed by atoms with van der Waals surface area (Å²) in [5.74, 6) is 0.581. The maximum Gasteiger partial charge on any atom is 0.243 e. The monoisotopic (exact) mass is 298 g/mol. The Kier molecular flexibility index (Phi) is 5.42. The Morgan fingerprint density at radius 3 is 2.59 bits per heavy atom. The van der Waals surface area contributed by atoms with Gasteiger partial charge in [0.2, 0.25) is 5.91 Å². The second kappa shape index (κ2) is 7.50. The normalized spacial score (nSPS) is 10.1. The molecule has 0 saturated carbocycles. The third-order valence-corrected chi connectivity index (χ3v) is 3.28. The molecule has 0 aliphatic rings. The molecular weight excluding hydrogens is 276 g/mol. The Bertz CT molecular complexity index is 653. The van der Waals surface area contributed by atoms with Gasteiger partial charge in [0.25, 0.3) is 0 Å². The van der Waals surface area contributed by atoms with Gasteiger partial charge in [-0.05, 0) is 44.5 Å². The van der Waals surface area contributed by atoms with Crippen LogP contribution in [0.2, 0.25) is 0 Å². The molecule has 2 N–H and O–H groups in total. The van der Waals surface area contributed by atoms with Crippen molar-refractivity contribution in [2.24, 2.45) is 0 Å². The van der Waals surface area contributed by atoms with Gasteiger partial charge in [0, 0.05) is 5.69 Å². The Labute approximate surface area is 131 Å². The highest BCUT2D eigenvalue weighted by Gasteiger charge is 2.07. The number of anilines is 2. The number of benzene rings is 2. The first kappa shape index (κ1) is 15.9. The van der Waals surface area contributed by atoms with Gasteiger partial charge in [0.05, 0.1) is 18.8 Å². The first-order valence-corrected chi connectivity index (χ1v) is 7.43. The highest BCUT2D eigenvalue weighted by Crippen LogP contribution is 2.23. The molecule has 0 saturated heterocycles. The van der Waals surface area contributed by atoms with Crippen molar-refractivity contribution in [2.45, 2.75) is 20.8 Å². The van der Waals surface area contributed by atoms with E-state index in [1.54, 1.807) is 0 Å². The van der Waals surface area contributed by atoms with E-state index in [4.69, 9.17) is 4.74 Å². The first-order chi connectivity index (χ1) is 10.6. The second-order valence-electron chi connectivity index (χ2n) is 5.15. The third-order valence-electron chi connectivity index (χ3n) is 3.28. The number of amides is 1. The van der Waals surface area contributed by atoms with E-state index in [2.05, 4.69) is 16.7 Å². The number of hydrogen-bond acceptors (Lipinski definition) is 3. The fraction of sp³-hybridized carbons (Fsp3) is 0.278. The minimum absolute atomic E-state index is 0.105. The van der Waals surface area contributed by atoms with Crippen molar-refractivity contribution in [1.82, 2.24) is 0 Å². The predicted molar refractivity (Wildman–Crippen MR) is 90.6 cm³/mol. The van der Waals surface area contributed by atoms with Gasteiger partial charge in [-0.1, -0.05) is 29.8 Å². The molecule has 0 spiro atoms. The molecule has 2 aromatic rings. The van der Waals surface area contributed by atoms with Crippen LogP contribution in [-0.2, 0) is 4.79 Å². The van der Waals surface area contributed by atoms with Crippen LogP contribution in [0, 0.1) is 13.8 Å². The van der Waals surface area contributed by atoms with Crippen molar-refractivity contribution in [3.05, 3.63) is 53.6 Å². The summed E-state index contributed by atoms with van der Waals surface area (Å²) in [6, 6.07) is 13.5. The van der Waals surface area contributed by atoms with Gasteiger partial charge in [-0.25, -0.2) is 0 Å². The zero-order valence-corrected chi connectivity index (χ0v) is 13.3. The molecule has 0 atom stereocenters. The van der Waals surface area contributed by atoms with Crippen LogP contribution in [0.25, 0.3) is 0 Å². The van der Waals surface area contributed by atoms with E-state index in [0.29, 0.717) is 18.0 Å². The van der Waals surface area contributed by atoms with Crippen LogP contribution in [0.1, 0.15) is 18.1 Å². The summed E-state index contributed by atoms with van der Waals surface area (Å²) in [6.07, 6.45) is 0. The molecule has 0 radical (unpaired) electrons. The summed E-state index contributed by atoms with van der Waals surface area (Å²) in [5.41, 5.74) is 4.00. The average Bonchev–Trinajstić information content (AvgIpc) is 2.48. The molecule has 1 amide bonds. The fourth-order valence-electron chi connectivity index (χ4n) is 2.23. The minimum Gasteiger partial charge on any atom is -0.492 e. The van der Waals surface area contributed by atoms with Gasteiger partial charge in [-0.3, -0.25) is 4.79 Å². The molecule has 22 heavy (non-hydrogen) atoms. The minimum atomic E-state index is -0.105. The van der Waals surface area contributed by atoms with Crippen molar-refractivity contribution in [1.29, 1.82) is 0 Å². The average molecular weight is 298 g/mol. The summed E-state index contributed by atoms with van der Waals surface area (Å²) < 4.78 is 5.50. The Morgan fingerprint density at radius 2 is 1.86 bits per heavy atom. The zero-order chi connectivity index (χ0) is 15.9. The molecule has 0 bridgehead atoms. The van der Waals surface area contributed by atoms with E-state index in [1.807, 2.05) is 57.2 Å². The predicted octanol–water partition coefficient (Wildman–Crippen LogP) is 3.75. The second-order valence-corrected chi connectivity index (χ2v) is 5.15. The molecule has 2 aromatic carbocycles. The molecule has 4 heteroatoms. The smallest absolute Gasteiger partial charge is 0.243 e. The van der Waals surface area contributed by atoms with Gasteiger partial charge in [0.15, 0.2) is 0 Å². The van der Waals surface area contributed by atoms with E-state index in [9.17, 15) is 4.79 Å². The lowest BCUT2D eigenvalue weighted by atomic mass is 10.1. The molecule has 0 aliphatic heterocycles. The van der Waals surface area contributed by atoms with Gasteiger partial charge in [-0.15, -0.1) is 0 Å². The summed E-state index contributed by atoms with van der Waals surface area (Å²) in [7, 11) is 0. The SMILES string of the molecule is CCOc1ccccc1NC(=O)CNc1ccc(C)cc1C. The van der Waals surface area contributed by atoms with Crippen LogP contribution in [0.4, 0.5) is 11.4 Å². The zero-order valence-electron chi connectivity index (χ0n) is 13.3. The van der Waals surface area contributed by atoms with Gasteiger partial charge in [-0.2, -0.15) is 0 Å². The van der Waals surface area contributed by atoms with Crippen molar-refractivity contribution >= 4 is 17.3 Å². The number of hydrogen-bond donors (Lipinski definition) is 2. The molecule has 0 unspecified atom stereocenters. The van der Waals surface area contributed by atoms with Crippen molar-refractivity contribution in [2.75, 3.05) is 23.8 Å². The van der Waals surface area contributed by atoms with Gasteiger partial charge in [0.1, 0.15) is 5.75 Å². The molecule has 0 aliphatic carbocycles. The van der Waals surface area contributed by atoms with Crippen molar-refractivity contribution in [3.8, 4) is 5.75 Å². The van der Waals surface area contributed by atoms with Crippen molar-refractivity contribution < 1.29 is 9.53 Å². The van der Waals surface area contributed by atoms with E-state index < -0.39 is 0 Å². The van der Waals surface area contributed by atoms with E-state index in [0.717, 1.165) is 11.3 Å². The van der Waals surface area contributed by atoms with E-state index >= 15 is 0 Å². The quantitative estimate of drug-likeness (QED) is 0.854. The van der Waals surface area contributed by atoms with Crippen LogP contribution >= 0.6 is 0 Å². The van der Waals surface area contributed by atoms with Gasteiger partial charge < -0.3 is 15.4 Å². The van der Waals surface area contributed by atoms with Crippen LogP contribution in [0.15, 0.2) is 42.5 Å². The number of nitrogens with one attached hydrogen (secondary N) is 2. The Hall–Kier alpha value is -2.49. The molecule has 0 aromatic heterocycles. The first-order valence-electron chi connectivity index (χ1n) is 7.43. The maximum atomic E-state index is 12.1. The number of carbonyl (C=O) groups excluding carboxylic acids is 1. The summed E-state index contributed by atoms with van der Waals surface area (Å²) in [4.78, 5) is 12.1. The highest BCUT2D eigenvalue weighted by atomic mass is 16.5. The molecule has 2 rings (SSSR count). The van der Waals surface area contributed by atoms with E-state index in [1.165, 1.54) is 5.56 Å². The molecule has 0 fully saturated rings. The molecular formula is C18H22N2O2. The van der Waals surface area contributed by atoms with E-state index in [-0.39, 0.29) is 12.5 Å². The summed E-state index contributed by atoms with van der Waals surface area (Å²) in [5, 5.41) is 6.03. The number of aryl methyl sites for hydroxylation is 2. The molecule has 116 valence electrons.